The Bertz CT molecular complexity index is 580. The Labute approximate surface area is 117 Å². The Morgan fingerprint density at radius 2 is 2.16 bits per heavy atom. The van der Waals surface area contributed by atoms with Gasteiger partial charge in [0.05, 0.1) is 5.69 Å². The highest BCUT2D eigenvalue weighted by molar-refractivity contribution is 6.31. The van der Waals surface area contributed by atoms with Gasteiger partial charge in [-0.25, -0.2) is 0 Å². The van der Waals surface area contributed by atoms with Crippen LogP contribution in [0.15, 0.2) is 28.8 Å². The molecule has 2 aromatic rings. The molecule has 0 spiro atoms. The molecular weight excluding hydrogens is 260 g/mol. The van der Waals surface area contributed by atoms with E-state index < -0.39 is 0 Å². The minimum absolute atomic E-state index is 0.359. The van der Waals surface area contributed by atoms with Crippen molar-refractivity contribution in [3.63, 3.8) is 0 Å². The lowest BCUT2D eigenvalue weighted by atomic mass is 9.75. The Morgan fingerprint density at radius 1 is 1.37 bits per heavy atom. The predicted molar refractivity (Wildman–Crippen MR) is 77.0 cm³/mol. The zero-order valence-electron chi connectivity index (χ0n) is 11.1. The average molecular weight is 277 g/mol. The van der Waals surface area contributed by atoms with Gasteiger partial charge in [0.25, 0.3) is 0 Å². The maximum absolute atomic E-state index is 6.34. The fraction of sp³-hybridized carbons (Fsp3) is 0.400. The van der Waals surface area contributed by atoms with E-state index in [-0.39, 0.29) is 0 Å². The normalized spacial score (nSPS) is 22.1. The van der Waals surface area contributed by atoms with Gasteiger partial charge in [-0.05, 0) is 36.3 Å². The molecule has 2 atom stereocenters. The summed E-state index contributed by atoms with van der Waals surface area (Å²) in [7, 11) is 1.87. The SMILES string of the molecule is CNc1onc2c1C(C)C(c1ccccc1Cl)CC2. The van der Waals surface area contributed by atoms with Gasteiger partial charge in [-0.2, -0.15) is 0 Å². The van der Waals surface area contributed by atoms with Crippen LogP contribution in [0.3, 0.4) is 0 Å². The molecule has 1 aromatic heterocycles. The highest BCUT2D eigenvalue weighted by atomic mass is 35.5. The van der Waals surface area contributed by atoms with Crippen LogP contribution in [0.25, 0.3) is 0 Å². The van der Waals surface area contributed by atoms with Crippen LogP contribution in [0.5, 0.6) is 0 Å². The van der Waals surface area contributed by atoms with E-state index in [2.05, 4.69) is 29.5 Å². The summed E-state index contributed by atoms with van der Waals surface area (Å²) in [4.78, 5) is 0. The van der Waals surface area contributed by atoms with Crippen LogP contribution in [-0.4, -0.2) is 12.2 Å². The average Bonchev–Trinajstić information content (AvgIpc) is 2.84. The van der Waals surface area contributed by atoms with Crippen LogP contribution in [0, 0.1) is 0 Å². The smallest absolute Gasteiger partial charge is 0.228 e. The third kappa shape index (κ3) is 2.02. The number of aryl methyl sites for hydroxylation is 1. The molecule has 3 nitrogen and oxygen atoms in total. The van der Waals surface area contributed by atoms with Crippen LogP contribution in [0.4, 0.5) is 5.88 Å². The molecule has 4 heteroatoms. The molecule has 0 aliphatic heterocycles. The van der Waals surface area contributed by atoms with Gasteiger partial charge in [0.1, 0.15) is 0 Å². The molecule has 0 fully saturated rings. The van der Waals surface area contributed by atoms with E-state index in [0.717, 1.165) is 29.4 Å². The second kappa shape index (κ2) is 4.89. The highest BCUT2D eigenvalue weighted by Crippen LogP contribution is 2.46. The lowest BCUT2D eigenvalue weighted by molar-refractivity contribution is 0.423. The maximum Gasteiger partial charge on any atom is 0.228 e. The van der Waals surface area contributed by atoms with Crippen LogP contribution >= 0.6 is 11.6 Å². The fourth-order valence-corrected chi connectivity index (χ4v) is 3.38. The van der Waals surface area contributed by atoms with Crippen molar-refractivity contribution >= 4 is 17.5 Å². The number of halogens is 1. The summed E-state index contributed by atoms with van der Waals surface area (Å²) in [5.41, 5.74) is 3.52. The van der Waals surface area contributed by atoms with Crippen molar-refractivity contribution in [2.24, 2.45) is 0 Å². The first kappa shape index (κ1) is 12.5. The van der Waals surface area contributed by atoms with Gasteiger partial charge in [0.15, 0.2) is 0 Å². The van der Waals surface area contributed by atoms with E-state index in [9.17, 15) is 0 Å². The summed E-state index contributed by atoms with van der Waals surface area (Å²) < 4.78 is 5.36. The van der Waals surface area contributed by atoms with E-state index in [4.69, 9.17) is 16.1 Å². The number of fused-ring (bicyclic) bond motifs is 1. The van der Waals surface area contributed by atoms with E-state index in [0.29, 0.717) is 11.8 Å². The Kier molecular flexibility index (Phi) is 3.23. The number of hydrogen-bond acceptors (Lipinski definition) is 3. The number of nitrogens with zero attached hydrogens (tertiary/aromatic N) is 1. The van der Waals surface area contributed by atoms with E-state index in [1.54, 1.807) is 0 Å². The number of rotatable bonds is 2. The second-order valence-corrected chi connectivity index (χ2v) is 5.48. The molecule has 1 aliphatic rings. The molecule has 1 aromatic carbocycles. The first-order valence-corrected chi connectivity index (χ1v) is 7.00. The zero-order chi connectivity index (χ0) is 13.4. The molecule has 1 aliphatic carbocycles. The minimum atomic E-state index is 0.359. The Morgan fingerprint density at radius 3 is 2.89 bits per heavy atom. The summed E-state index contributed by atoms with van der Waals surface area (Å²) in [5, 5.41) is 8.10. The first-order chi connectivity index (χ1) is 9.22. The highest BCUT2D eigenvalue weighted by Gasteiger charge is 2.33. The second-order valence-electron chi connectivity index (χ2n) is 5.08. The molecule has 0 radical (unpaired) electrons. The van der Waals surface area contributed by atoms with Crippen molar-refractivity contribution in [3.8, 4) is 0 Å². The van der Waals surface area contributed by atoms with Crippen LogP contribution in [0.2, 0.25) is 5.02 Å². The van der Waals surface area contributed by atoms with E-state index in [1.165, 1.54) is 11.1 Å². The molecule has 0 saturated heterocycles. The largest absolute Gasteiger partial charge is 0.357 e. The van der Waals surface area contributed by atoms with Crippen molar-refractivity contribution in [3.05, 3.63) is 46.1 Å². The summed E-state index contributed by atoms with van der Waals surface area (Å²) >= 11 is 6.34. The quantitative estimate of drug-likeness (QED) is 0.893. The molecule has 0 bridgehead atoms. The minimum Gasteiger partial charge on any atom is -0.357 e. The number of hydrogen-bond donors (Lipinski definition) is 1. The van der Waals surface area contributed by atoms with Crippen molar-refractivity contribution in [2.45, 2.75) is 31.6 Å². The standard InChI is InChI=1S/C15H17ClN2O/c1-9-10(11-5-3-4-6-12(11)16)7-8-13-14(9)15(17-2)19-18-13/h3-6,9-10,17H,7-8H2,1-2H3. The molecule has 19 heavy (non-hydrogen) atoms. The lowest BCUT2D eigenvalue weighted by Crippen LogP contribution is -2.17. The molecule has 2 unspecified atom stereocenters. The van der Waals surface area contributed by atoms with Gasteiger partial charge in [0.2, 0.25) is 5.88 Å². The number of benzene rings is 1. The predicted octanol–water partition coefficient (Wildman–Crippen LogP) is 4.20. The third-order valence-electron chi connectivity index (χ3n) is 4.09. The molecule has 0 saturated carbocycles. The van der Waals surface area contributed by atoms with E-state index >= 15 is 0 Å². The van der Waals surface area contributed by atoms with Gasteiger partial charge in [0, 0.05) is 17.6 Å². The van der Waals surface area contributed by atoms with Gasteiger partial charge < -0.3 is 9.84 Å². The van der Waals surface area contributed by atoms with Gasteiger partial charge in [-0.1, -0.05) is 41.9 Å². The molecule has 1 heterocycles. The zero-order valence-corrected chi connectivity index (χ0v) is 11.9. The van der Waals surface area contributed by atoms with Crippen LogP contribution < -0.4 is 5.32 Å². The van der Waals surface area contributed by atoms with Crippen LogP contribution in [0.1, 0.15) is 42.0 Å². The number of anilines is 1. The molecule has 1 N–H and O–H groups in total. The summed E-state index contributed by atoms with van der Waals surface area (Å²) in [6, 6.07) is 8.12. The maximum atomic E-state index is 6.34. The monoisotopic (exact) mass is 276 g/mol. The number of nitrogens with one attached hydrogen (secondary N) is 1. The first-order valence-electron chi connectivity index (χ1n) is 6.63. The number of aromatic nitrogens is 1. The van der Waals surface area contributed by atoms with Gasteiger partial charge in [-0.3, -0.25) is 0 Å². The summed E-state index contributed by atoms with van der Waals surface area (Å²) in [5.74, 6) is 1.57. The summed E-state index contributed by atoms with van der Waals surface area (Å²) in [6.07, 6.45) is 2.01. The van der Waals surface area contributed by atoms with E-state index in [1.807, 2.05) is 19.2 Å². The van der Waals surface area contributed by atoms with Crippen molar-refractivity contribution in [1.29, 1.82) is 0 Å². The van der Waals surface area contributed by atoms with Crippen LogP contribution in [-0.2, 0) is 6.42 Å². The van der Waals surface area contributed by atoms with Gasteiger partial charge in [-0.15, -0.1) is 0 Å². The van der Waals surface area contributed by atoms with Crippen molar-refractivity contribution < 1.29 is 4.52 Å². The summed E-state index contributed by atoms with van der Waals surface area (Å²) in [6.45, 7) is 2.23. The Balaban J connectivity index is 2.01. The third-order valence-corrected chi connectivity index (χ3v) is 4.43. The molecule has 100 valence electrons. The fourth-order valence-electron chi connectivity index (χ4n) is 3.10. The topological polar surface area (TPSA) is 38.1 Å². The molecular formula is C15H17ClN2O. The molecule has 3 rings (SSSR count). The Hall–Kier alpha value is -1.48. The molecule has 0 amide bonds. The van der Waals surface area contributed by atoms with Gasteiger partial charge >= 0.3 is 0 Å². The lowest BCUT2D eigenvalue weighted by Gasteiger charge is -2.29. The van der Waals surface area contributed by atoms with Crippen molar-refractivity contribution in [1.82, 2.24) is 5.16 Å². The van der Waals surface area contributed by atoms with Crippen molar-refractivity contribution in [2.75, 3.05) is 12.4 Å².